The van der Waals surface area contributed by atoms with E-state index in [2.05, 4.69) is 27.4 Å². The van der Waals surface area contributed by atoms with E-state index in [4.69, 9.17) is 9.31 Å². The quantitative estimate of drug-likeness (QED) is 0.526. The first-order valence-corrected chi connectivity index (χ1v) is 6.42. The summed E-state index contributed by atoms with van der Waals surface area (Å²) < 4.78 is 12.2. The van der Waals surface area contributed by atoms with Gasteiger partial charge in [0.25, 0.3) is 0 Å². The Morgan fingerprint density at radius 2 is 2.12 bits per heavy atom. The summed E-state index contributed by atoms with van der Waals surface area (Å²) in [5, 5.41) is 0. The standard InChI is InChI=1S/C13H21BO2/c1-5-6-14-15-11-8-9-7-10(12(9,2)3)13(11,4)16-14/h5,9-11H,1,6-8H2,2-4H3. The van der Waals surface area contributed by atoms with Crippen LogP contribution < -0.4 is 0 Å². The van der Waals surface area contributed by atoms with Crippen molar-refractivity contribution in [1.29, 1.82) is 0 Å². The average molecular weight is 220 g/mol. The molecule has 0 amide bonds. The molecule has 2 nitrogen and oxygen atoms in total. The molecule has 3 aliphatic carbocycles. The smallest absolute Gasteiger partial charge is 0.405 e. The van der Waals surface area contributed by atoms with Crippen LogP contribution in [0.2, 0.25) is 6.32 Å². The molecule has 4 rings (SSSR count). The minimum atomic E-state index is -0.0531. The van der Waals surface area contributed by atoms with Gasteiger partial charge in [0.2, 0.25) is 0 Å². The van der Waals surface area contributed by atoms with Crippen molar-refractivity contribution >= 4 is 7.12 Å². The fraction of sp³-hybridized carbons (Fsp3) is 0.846. The SMILES string of the molecule is C=CCB1OC2CC3CC(C3(C)C)C2(C)O1. The second-order valence-corrected chi connectivity index (χ2v) is 6.42. The maximum atomic E-state index is 6.19. The minimum absolute atomic E-state index is 0.0497. The van der Waals surface area contributed by atoms with Crippen LogP contribution in [0.1, 0.15) is 33.6 Å². The van der Waals surface area contributed by atoms with Gasteiger partial charge in [-0.05, 0) is 37.0 Å². The number of hydrogen-bond acceptors (Lipinski definition) is 2. The first-order valence-electron chi connectivity index (χ1n) is 6.42. The molecule has 0 N–H and O–H groups in total. The molecule has 4 unspecified atom stereocenters. The fourth-order valence-corrected chi connectivity index (χ4v) is 4.19. The maximum absolute atomic E-state index is 6.19. The van der Waals surface area contributed by atoms with Gasteiger partial charge in [-0.25, -0.2) is 0 Å². The van der Waals surface area contributed by atoms with E-state index in [9.17, 15) is 0 Å². The summed E-state index contributed by atoms with van der Waals surface area (Å²) in [6.45, 7) is 10.8. The van der Waals surface area contributed by atoms with Gasteiger partial charge in [0.05, 0.1) is 11.7 Å². The zero-order valence-corrected chi connectivity index (χ0v) is 10.5. The fourth-order valence-electron chi connectivity index (χ4n) is 4.19. The lowest BCUT2D eigenvalue weighted by molar-refractivity contribution is -0.199. The van der Waals surface area contributed by atoms with E-state index >= 15 is 0 Å². The lowest BCUT2D eigenvalue weighted by atomic mass is 9.43. The van der Waals surface area contributed by atoms with Crippen molar-refractivity contribution in [2.45, 2.75) is 51.6 Å². The molecular weight excluding hydrogens is 199 g/mol. The Bertz CT molecular complexity index is 328. The summed E-state index contributed by atoms with van der Waals surface area (Å²) in [6.07, 6.45) is 5.51. The van der Waals surface area contributed by atoms with Gasteiger partial charge in [-0.2, -0.15) is 0 Å². The molecule has 4 fully saturated rings. The highest BCUT2D eigenvalue weighted by Crippen LogP contribution is 2.65. The van der Waals surface area contributed by atoms with E-state index in [1.54, 1.807) is 0 Å². The lowest BCUT2D eigenvalue weighted by Crippen LogP contribution is -2.65. The van der Waals surface area contributed by atoms with Crippen molar-refractivity contribution in [3.8, 4) is 0 Å². The second-order valence-electron chi connectivity index (χ2n) is 6.42. The van der Waals surface area contributed by atoms with E-state index in [0.717, 1.165) is 12.2 Å². The minimum Gasteiger partial charge on any atom is -0.405 e. The molecule has 2 bridgehead atoms. The van der Waals surface area contributed by atoms with Crippen LogP contribution in [0.25, 0.3) is 0 Å². The molecule has 3 heteroatoms. The summed E-state index contributed by atoms with van der Waals surface area (Å²) >= 11 is 0. The van der Waals surface area contributed by atoms with E-state index in [1.165, 1.54) is 12.8 Å². The normalized spacial score (nSPS) is 48.4. The first-order chi connectivity index (χ1) is 7.48. The average Bonchev–Trinajstić information content (AvgIpc) is 2.53. The largest absolute Gasteiger partial charge is 0.461 e. The molecule has 1 aliphatic heterocycles. The number of hydrogen-bond donors (Lipinski definition) is 0. The van der Waals surface area contributed by atoms with E-state index in [0.29, 0.717) is 17.4 Å². The van der Waals surface area contributed by atoms with Gasteiger partial charge < -0.3 is 9.31 Å². The predicted octanol–water partition coefficient (Wildman–Crippen LogP) is 2.90. The molecule has 1 saturated heterocycles. The lowest BCUT2D eigenvalue weighted by Gasteiger charge is -2.64. The molecule has 88 valence electrons. The van der Waals surface area contributed by atoms with Crippen molar-refractivity contribution in [2.24, 2.45) is 17.3 Å². The zero-order chi connectivity index (χ0) is 11.6. The molecule has 0 radical (unpaired) electrons. The number of allylic oxidation sites excluding steroid dienone is 1. The van der Waals surface area contributed by atoms with Crippen LogP contribution in [0.15, 0.2) is 12.7 Å². The molecule has 4 atom stereocenters. The third-order valence-corrected chi connectivity index (χ3v) is 5.36. The Kier molecular flexibility index (Phi) is 2.13. The Hall–Kier alpha value is -0.275. The highest BCUT2D eigenvalue weighted by atomic mass is 16.7. The molecule has 0 aromatic rings. The molecule has 16 heavy (non-hydrogen) atoms. The van der Waals surface area contributed by atoms with Crippen LogP contribution in [0, 0.1) is 17.3 Å². The van der Waals surface area contributed by atoms with Crippen molar-refractivity contribution in [3.63, 3.8) is 0 Å². The van der Waals surface area contributed by atoms with Gasteiger partial charge in [-0.1, -0.05) is 19.9 Å². The molecule has 0 spiro atoms. The van der Waals surface area contributed by atoms with E-state index in [-0.39, 0.29) is 12.7 Å². The Morgan fingerprint density at radius 3 is 2.75 bits per heavy atom. The summed E-state index contributed by atoms with van der Waals surface area (Å²) in [5.41, 5.74) is 0.392. The summed E-state index contributed by atoms with van der Waals surface area (Å²) in [4.78, 5) is 0. The van der Waals surface area contributed by atoms with Gasteiger partial charge >= 0.3 is 7.12 Å². The Morgan fingerprint density at radius 1 is 1.38 bits per heavy atom. The van der Waals surface area contributed by atoms with Gasteiger partial charge in [0, 0.05) is 6.32 Å². The summed E-state index contributed by atoms with van der Waals surface area (Å²) in [5.74, 6) is 1.50. The summed E-state index contributed by atoms with van der Waals surface area (Å²) in [7, 11) is -0.0531. The molecular formula is C13H21BO2. The predicted molar refractivity (Wildman–Crippen MR) is 65.1 cm³/mol. The third kappa shape index (κ3) is 1.16. The van der Waals surface area contributed by atoms with Crippen molar-refractivity contribution in [2.75, 3.05) is 0 Å². The van der Waals surface area contributed by atoms with Crippen molar-refractivity contribution in [3.05, 3.63) is 12.7 Å². The summed E-state index contributed by atoms with van der Waals surface area (Å²) in [6, 6.07) is 0. The van der Waals surface area contributed by atoms with Crippen LogP contribution in [0.5, 0.6) is 0 Å². The van der Waals surface area contributed by atoms with Crippen molar-refractivity contribution in [1.82, 2.24) is 0 Å². The Labute approximate surface area is 98.5 Å². The van der Waals surface area contributed by atoms with E-state index in [1.807, 2.05) is 6.08 Å². The van der Waals surface area contributed by atoms with Gasteiger partial charge in [0.1, 0.15) is 0 Å². The topological polar surface area (TPSA) is 18.5 Å². The second kappa shape index (κ2) is 3.14. The van der Waals surface area contributed by atoms with Crippen LogP contribution in [0.3, 0.4) is 0 Å². The van der Waals surface area contributed by atoms with Crippen LogP contribution >= 0.6 is 0 Å². The van der Waals surface area contributed by atoms with Crippen LogP contribution in [-0.2, 0) is 9.31 Å². The number of rotatable bonds is 2. The highest BCUT2D eigenvalue weighted by Gasteiger charge is 2.67. The van der Waals surface area contributed by atoms with Crippen LogP contribution in [0.4, 0.5) is 0 Å². The third-order valence-electron chi connectivity index (χ3n) is 5.36. The van der Waals surface area contributed by atoms with Gasteiger partial charge in [-0.3, -0.25) is 0 Å². The Balaban J connectivity index is 1.84. The molecule has 3 saturated carbocycles. The maximum Gasteiger partial charge on any atom is 0.461 e. The van der Waals surface area contributed by atoms with E-state index < -0.39 is 0 Å². The highest BCUT2D eigenvalue weighted by molar-refractivity contribution is 6.46. The molecule has 0 aromatic carbocycles. The van der Waals surface area contributed by atoms with Gasteiger partial charge in [-0.15, -0.1) is 6.58 Å². The molecule has 4 aliphatic rings. The van der Waals surface area contributed by atoms with Crippen molar-refractivity contribution < 1.29 is 9.31 Å². The van der Waals surface area contributed by atoms with Crippen LogP contribution in [-0.4, -0.2) is 18.8 Å². The molecule has 1 heterocycles. The zero-order valence-electron chi connectivity index (χ0n) is 10.5. The molecule has 0 aromatic heterocycles. The van der Waals surface area contributed by atoms with Gasteiger partial charge in [0.15, 0.2) is 0 Å². The first kappa shape index (κ1) is 10.9. The monoisotopic (exact) mass is 220 g/mol.